The van der Waals surface area contributed by atoms with Crippen molar-refractivity contribution in [1.82, 2.24) is 9.80 Å². The molecule has 2 N–H and O–H groups in total. The van der Waals surface area contributed by atoms with Gasteiger partial charge in [0, 0.05) is 36.2 Å². The van der Waals surface area contributed by atoms with Crippen molar-refractivity contribution in [2.45, 2.75) is 18.5 Å². The summed E-state index contributed by atoms with van der Waals surface area (Å²) in [6.07, 6.45) is 1.23. The Hall–Kier alpha value is -0.420. The molecule has 2 atom stereocenters. The van der Waals surface area contributed by atoms with Crippen molar-refractivity contribution in [2.75, 3.05) is 33.7 Å². The molecule has 100 valence electrons. The Morgan fingerprint density at radius 1 is 1.44 bits per heavy atom. The summed E-state index contributed by atoms with van der Waals surface area (Å²) < 4.78 is 1.16. The Bertz CT molecular complexity index is 394. The Morgan fingerprint density at radius 2 is 2.17 bits per heavy atom. The molecule has 1 heterocycles. The number of benzene rings is 1. The molecule has 0 amide bonds. The highest BCUT2D eigenvalue weighted by atomic mass is 79.9. The summed E-state index contributed by atoms with van der Waals surface area (Å²) >= 11 is 3.64. The fourth-order valence-corrected chi connectivity index (χ4v) is 3.24. The molecule has 1 fully saturated rings. The molecule has 0 aliphatic carbocycles. The Balaban J connectivity index is 2.13. The zero-order valence-electron chi connectivity index (χ0n) is 11.1. The van der Waals surface area contributed by atoms with Crippen LogP contribution in [-0.2, 0) is 0 Å². The zero-order chi connectivity index (χ0) is 13.1. The summed E-state index contributed by atoms with van der Waals surface area (Å²) in [5.41, 5.74) is 7.30. The number of halogens is 1. The van der Waals surface area contributed by atoms with Crippen molar-refractivity contribution in [1.29, 1.82) is 0 Å². The first-order chi connectivity index (χ1) is 8.63. The van der Waals surface area contributed by atoms with Crippen molar-refractivity contribution < 1.29 is 0 Å². The summed E-state index contributed by atoms with van der Waals surface area (Å²) in [6, 6.07) is 9.38. The van der Waals surface area contributed by atoms with Gasteiger partial charge in [-0.3, -0.25) is 4.90 Å². The maximum Gasteiger partial charge on any atom is 0.0482 e. The van der Waals surface area contributed by atoms with Crippen LogP contribution in [0.1, 0.15) is 18.0 Å². The zero-order valence-corrected chi connectivity index (χ0v) is 12.7. The van der Waals surface area contributed by atoms with E-state index >= 15 is 0 Å². The van der Waals surface area contributed by atoms with Crippen LogP contribution in [0.5, 0.6) is 0 Å². The number of rotatable bonds is 4. The SMILES string of the molecule is CN(C)C1CCN(C(CN)c2ccccc2Br)C1. The standard InChI is InChI=1S/C14H22BrN3/c1-17(2)11-7-8-18(10-11)14(9-16)12-5-3-4-6-13(12)15/h3-6,11,14H,7-10,16H2,1-2H3. The predicted octanol–water partition coefficient (Wildman–Crippen LogP) is 2.08. The van der Waals surface area contributed by atoms with Gasteiger partial charge in [-0.05, 0) is 32.1 Å². The first-order valence-corrected chi connectivity index (χ1v) is 7.27. The average Bonchev–Trinajstić information content (AvgIpc) is 2.82. The molecule has 2 rings (SSSR count). The minimum Gasteiger partial charge on any atom is -0.329 e. The molecule has 3 nitrogen and oxygen atoms in total. The lowest BCUT2D eigenvalue weighted by atomic mass is 10.1. The molecular weight excluding hydrogens is 290 g/mol. The van der Waals surface area contributed by atoms with E-state index < -0.39 is 0 Å². The van der Waals surface area contributed by atoms with Crippen LogP contribution in [-0.4, -0.2) is 49.6 Å². The Morgan fingerprint density at radius 3 is 2.72 bits per heavy atom. The van der Waals surface area contributed by atoms with Crippen molar-refractivity contribution in [2.24, 2.45) is 5.73 Å². The minimum absolute atomic E-state index is 0.325. The molecule has 1 aromatic carbocycles. The molecule has 1 aromatic rings. The van der Waals surface area contributed by atoms with Crippen molar-refractivity contribution >= 4 is 15.9 Å². The van der Waals surface area contributed by atoms with Crippen LogP contribution in [0.25, 0.3) is 0 Å². The lowest BCUT2D eigenvalue weighted by Gasteiger charge is -2.28. The third kappa shape index (κ3) is 2.94. The summed E-state index contributed by atoms with van der Waals surface area (Å²) in [4.78, 5) is 4.82. The maximum atomic E-state index is 6.00. The molecule has 0 radical (unpaired) electrons. The van der Waals surface area contributed by atoms with E-state index in [1.165, 1.54) is 12.0 Å². The largest absolute Gasteiger partial charge is 0.329 e. The molecule has 0 saturated carbocycles. The second-order valence-corrected chi connectivity index (χ2v) is 6.03. The first kappa shape index (κ1) is 14.0. The van der Waals surface area contributed by atoms with Crippen molar-refractivity contribution in [3.63, 3.8) is 0 Å². The van der Waals surface area contributed by atoms with Crippen LogP contribution in [0, 0.1) is 0 Å². The molecule has 2 unspecified atom stereocenters. The van der Waals surface area contributed by atoms with Crippen LogP contribution < -0.4 is 5.73 Å². The maximum absolute atomic E-state index is 6.00. The highest BCUT2D eigenvalue weighted by molar-refractivity contribution is 9.10. The van der Waals surface area contributed by atoms with Gasteiger partial charge in [-0.1, -0.05) is 34.1 Å². The van der Waals surface area contributed by atoms with Gasteiger partial charge in [0.15, 0.2) is 0 Å². The average molecular weight is 312 g/mol. The summed E-state index contributed by atoms with van der Waals surface area (Å²) in [5, 5.41) is 0. The second-order valence-electron chi connectivity index (χ2n) is 5.17. The third-order valence-corrected chi connectivity index (χ3v) is 4.58. The van der Waals surface area contributed by atoms with Gasteiger partial charge in [-0.25, -0.2) is 0 Å². The van der Waals surface area contributed by atoms with Crippen LogP contribution in [0.15, 0.2) is 28.7 Å². The number of hydrogen-bond donors (Lipinski definition) is 1. The second kappa shape index (κ2) is 6.15. The lowest BCUT2D eigenvalue weighted by molar-refractivity contribution is 0.220. The molecule has 0 spiro atoms. The third-order valence-electron chi connectivity index (χ3n) is 3.85. The molecule has 1 aliphatic heterocycles. The summed E-state index contributed by atoms with van der Waals surface area (Å²) in [5.74, 6) is 0. The fourth-order valence-electron chi connectivity index (χ4n) is 2.69. The Labute approximate surface area is 118 Å². The first-order valence-electron chi connectivity index (χ1n) is 6.48. The minimum atomic E-state index is 0.325. The molecule has 4 heteroatoms. The highest BCUT2D eigenvalue weighted by Gasteiger charge is 2.30. The lowest BCUT2D eigenvalue weighted by Crippen LogP contribution is -2.36. The number of nitrogens with zero attached hydrogens (tertiary/aromatic N) is 2. The van der Waals surface area contributed by atoms with E-state index in [2.05, 4.69) is 58.0 Å². The van der Waals surface area contributed by atoms with Gasteiger partial charge in [-0.15, -0.1) is 0 Å². The smallest absolute Gasteiger partial charge is 0.0482 e. The fraction of sp³-hybridized carbons (Fsp3) is 0.571. The number of nitrogens with two attached hydrogens (primary N) is 1. The van der Waals surface area contributed by atoms with Gasteiger partial charge in [-0.2, -0.15) is 0 Å². The topological polar surface area (TPSA) is 32.5 Å². The summed E-state index contributed by atoms with van der Waals surface area (Å²) in [6.45, 7) is 2.91. The normalized spacial score (nSPS) is 22.6. The molecule has 18 heavy (non-hydrogen) atoms. The predicted molar refractivity (Wildman–Crippen MR) is 79.6 cm³/mol. The van der Waals surface area contributed by atoms with Crippen LogP contribution in [0.2, 0.25) is 0 Å². The molecule has 0 aromatic heterocycles. The van der Waals surface area contributed by atoms with Crippen LogP contribution in [0.4, 0.5) is 0 Å². The van der Waals surface area contributed by atoms with Gasteiger partial charge >= 0.3 is 0 Å². The van der Waals surface area contributed by atoms with Gasteiger partial charge in [0.05, 0.1) is 0 Å². The van der Waals surface area contributed by atoms with E-state index in [0.29, 0.717) is 18.6 Å². The van der Waals surface area contributed by atoms with Crippen molar-refractivity contribution in [3.05, 3.63) is 34.3 Å². The van der Waals surface area contributed by atoms with Crippen LogP contribution >= 0.6 is 15.9 Å². The molecule has 1 aliphatic rings. The molecular formula is C14H22BrN3. The highest BCUT2D eigenvalue weighted by Crippen LogP contribution is 2.30. The number of likely N-dealkylation sites (N-methyl/N-ethyl adjacent to an activating group) is 1. The van der Waals surface area contributed by atoms with Crippen molar-refractivity contribution in [3.8, 4) is 0 Å². The quantitative estimate of drug-likeness (QED) is 0.924. The van der Waals surface area contributed by atoms with E-state index in [4.69, 9.17) is 5.73 Å². The van der Waals surface area contributed by atoms with Gasteiger partial charge in [0.1, 0.15) is 0 Å². The van der Waals surface area contributed by atoms with E-state index in [0.717, 1.165) is 17.6 Å². The monoisotopic (exact) mass is 311 g/mol. The molecule has 0 bridgehead atoms. The van der Waals surface area contributed by atoms with Crippen LogP contribution in [0.3, 0.4) is 0 Å². The van der Waals surface area contributed by atoms with E-state index in [1.54, 1.807) is 0 Å². The number of likely N-dealkylation sites (tertiary alicyclic amines) is 1. The van der Waals surface area contributed by atoms with Gasteiger partial charge in [0.2, 0.25) is 0 Å². The van der Waals surface area contributed by atoms with E-state index in [1.807, 2.05) is 6.07 Å². The van der Waals surface area contributed by atoms with Gasteiger partial charge in [0.25, 0.3) is 0 Å². The summed E-state index contributed by atoms with van der Waals surface area (Å²) in [7, 11) is 4.31. The van der Waals surface area contributed by atoms with E-state index in [9.17, 15) is 0 Å². The van der Waals surface area contributed by atoms with Gasteiger partial charge < -0.3 is 10.6 Å². The van der Waals surface area contributed by atoms with E-state index in [-0.39, 0.29) is 0 Å². The number of hydrogen-bond acceptors (Lipinski definition) is 3. The Kier molecular flexibility index (Phi) is 4.78. The molecule has 1 saturated heterocycles.